The van der Waals surface area contributed by atoms with Crippen LogP contribution in [-0.2, 0) is 6.42 Å². The second kappa shape index (κ2) is 8.47. The summed E-state index contributed by atoms with van der Waals surface area (Å²) in [5, 5.41) is 11.9. The van der Waals surface area contributed by atoms with Crippen LogP contribution in [0.1, 0.15) is 50.5 Å². The average molecular weight is 351 g/mol. The Hall–Kier alpha value is -2.17. The summed E-state index contributed by atoms with van der Waals surface area (Å²) >= 11 is 0. The molecule has 0 bridgehead atoms. The van der Waals surface area contributed by atoms with Crippen molar-refractivity contribution in [2.45, 2.75) is 57.4 Å². The van der Waals surface area contributed by atoms with E-state index < -0.39 is 0 Å². The van der Waals surface area contributed by atoms with E-state index >= 15 is 0 Å². The molecule has 1 N–H and O–H groups in total. The molecule has 1 aromatic heterocycles. The van der Waals surface area contributed by atoms with Crippen LogP contribution in [0.25, 0.3) is 0 Å². The number of anilines is 2. The molecule has 2 fully saturated rings. The smallest absolute Gasteiger partial charge is 0.244 e. The van der Waals surface area contributed by atoms with Crippen molar-refractivity contribution >= 4 is 11.8 Å². The van der Waals surface area contributed by atoms with Gasteiger partial charge in [-0.2, -0.15) is 10.1 Å². The minimum Gasteiger partial charge on any atom is -0.355 e. The second-order valence-corrected chi connectivity index (χ2v) is 7.74. The average Bonchev–Trinajstić information content (AvgIpc) is 2.70. The van der Waals surface area contributed by atoms with Crippen LogP contribution in [0.2, 0.25) is 0 Å². The maximum absolute atomic E-state index is 4.74. The van der Waals surface area contributed by atoms with Crippen LogP contribution < -0.4 is 10.2 Å². The minimum absolute atomic E-state index is 0.511. The highest BCUT2D eigenvalue weighted by atomic mass is 15.3. The van der Waals surface area contributed by atoms with Crippen molar-refractivity contribution in [3.63, 3.8) is 0 Å². The Kier molecular flexibility index (Phi) is 5.62. The molecule has 26 heavy (non-hydrogen) atoms. The number of hydrogen-bond acceptors (Lipinski definition) is 5. The molecule has 4 rings (SSSR count). The van der Waals surface area contributed by atoms with Crippen LogP contribution in [0.3, 0.4) is 0 Å². The zero-order valence-electron chi connectivity index (χ0n) is 15.5. The first kappa shape index (κ1) is 17.3. The fourth-order valence-corrected chi connectivity index (χ4v) is 4.25. The Morgan fingerprint density at radius 2 is 1.73 bits per heavy atom. The molecule has 2 aromatic rings. The van der Waals surface area contributed by atoms with E-state index in [1.165, 1.54) is 56.9 Å². The first-order valence-corrected chi connectivity index (χ1v) is 10.1. The molecule has 0 unspecified atom stereocenters. The van der Waals surface area contributed by atoms with Gasteiger partial charge in [0.15, 0.2) is 5.82 Å². The van der Waals surface area contributed by atoms with Gasteiger partial charge in [0.2, 0.25) is 5.95 Å². The van der Waals surface area contributed by atoms with Gasteiger partial charge in [-0.15, -0.1) is 5.10 Å². The lowest BCUT2D eigenvalue weighted by molar-refractivity contribution is 0.402. The highest BCUT2D eigenvalue weighted by Crippen LogP contribution is 2.25. The largest absolute Gasteiger partial charge is 0.355 e. The molecule has 1 aromatic carbocycles. The molecule has 2 aliphatic rings. The van der Waals surface area contributed by atoms with E-state index in [2.05, 4.69) is 50.7 Å². The lowest BCUT2D eigenvalue weighted by Gasteiger charge is -2.32. The van der Waals surface area contributed by atoms with Gasteiger partial charge in [-0.3, -0.25) is 0 Å². The van der Waals surface area contributed by atoms with Crippen LogP contribution in [0.4, 0.5) is 11.8 Å². The van der Waals surface area contributed by atoms with Crippen molar-refractivity contribution in [1.29, 1.82) is 0 Å². The monoisotopic (exact) mass is 351 g/mol. The van der Waals surface area contributed by atoms with E-state index in [-0.39, 0.29) is 0 Å². The maximum atomic E-state index is 4.74. The van der Waals surface area contributed by atoms with Crippen molar-refractivity contribution in [2.24, 2.45) is 5.92 Å². The summed E-state index contributed by atoms with van der Waals surface area (Å²) in [6.45, 7) is 2.11. The molecule has 1 aliphatic carbocycles. The zero-order valence-corrected chi connectivity index (χ0v) is 15.5. The van der Waals surface area contributed by atoms with Crippen molar-refractivity contribution in [2.75, 3.05) is 23.3 Å². The third-order valence-electron chi connectivity index (χ3n) is 5.79. The topological polar surface area (TPSA) is 53.9 Å². The van der Waals surface area contributed by atoms with Gasteiger partial charge in [0.25, 0.3) is 0 Å². The molecule has 0 amide bonds. The molecule has 2 heterocycles. The third-order valence-corrected chi connectivity index (χ3v) is 5.79. The Morgan fingerprint density at radius 3 is 2.50 bits per heavy atom. The SMILES string of the molecule is c1ccc(CC2CCN(c3cnnc(NC4CCCCC4)n3)CC2)cc1. The number of piperidine rings is 1. The van der Waals surface area contributed by atoms with Gasteiger partial charge in [0, 0.05) is 19.1 Å². The summed E-state index contributed by atoms with van der Waals surface area (Å²) in [4.78, 5) is 7.10. The molecular formula is C21H29N5. The molecule has 138 valence electrons. The van der Waals surface area contributed by atoms with Gasteiger partial charge in [-0.05, 0) is 43.6 Å². The first-order chi connectivity index (χ1) is 12.9. The van der Waals surface area contributed by atoms with Gasteiger partial charge < -0.3 is 10.2 Å². The maximum Gasteiger partial charge on any atom is 0.244 e. The summed E-state index contributed by atoms with van der Waals surface area (Å²) < 4.78 is 0. The van der Waals surface area contributed by atoms with E-state index in [1.807, 2.05) is 6.20 Å². The second-order valence-electron chi connectivity index (χ2n) is 7.74. The van der Waals surface area contributed by atoms with Gasteiger partial charge in [0.05, 0.1) is 6.20 Å². The molecule has 0 spiro atoms. The summed E-state index contributed by atoms with van der Waals surface area (Å²) in [7, 11) is 0. The lowest BCUT2D eigenvalue weighted by Crippen LogP contribution is -2.35. The van der Waals surface area contributed by atoms with Crippen molar-refractivity contribution in [3.05, 3.63) is 42.1 Å². The van der Waals surface area contributed by atoms with E-state index in [0.717, 1.165) is 24.8 Å². The Labute approximate surface area is 156 Å². The number of nitrogens with one attached hydrogen (secondary N) is 1. The highest BCUT2D eigenvalue weighted by Gasteiger charge is 2.21. The predicted octanol–water partition coefficient (Wildman–Crippen LogP) is 4.08. The number of hydrogen-bond donors (Lipinski definition) is 1. The van der Waals surface area contributed by atoms with E-state index in [9.17, 15) is 0 Å². The minimum atomic E-state index is 0.511. The molecule has 1 saturated carbocycles. The fraction of sp³-hybridized carbons (Fsp3) is 0.571. The van der Waals surface area contributed by atoms with Gasteiger partial charge in [0.1, 0.15) is 0 Å². The summed E-state index contributed by atoms with van der Waals surface area (Å²) in [5.74, 6) is 2.43. The summed E-state index contributed by atoms with van der Waals surface area (Å²) in [6, 6.07) is 11.4. The van der Waals surface area contributed by atoms with E-state index in [0.29, 0.717) is 12.0 Å². The number of benzene rings is 1. The number of nitrogens with zero attached hydrogens (tertiary/aromatic N) is 4. The van der Waals surface area contributed by atoms with Gasteiger partial charge in [-0.25, -0.2) is 0 Å². The van der Waals surface area contributed by atoms with E-state index in [4.69, 9.17) is 4.98 Å². The van der Waals surface area contributed by atoms with Gasteiger partial charge in [-0.1, -0.05) is 49.6 Å². The van der Waals surface area contributed by atoms with Crippen molar-refractivity contribution < 1.29 is 0 Å². The Balaban J connectivity index is 1.31. The molecular weight excluding hydrogens is 322 g/mol. The number of aromatic nitrogens is 3. The Morgan fingerprint density at radius 1 is 0.962 bits per heavy atom. The highest BCUT2D eigenvalue weighted by molar-refractivity contribution is 5.41. The first-order valence-electron chi connectivity index (χ1n) is 10.1. The lowest BCUT2D eigenvalue weighted by atomic mass is 9.90. The molecule has 5 heteroatoms. The number of rotatable bonds is 5. The van der Waals surface area contributed by atoms with Crippen molar-refractivity contribution in [1.82, 2.24) is 15.2 Å². The molecule has 1 aliphatic heterocycles. The molecule has 5 nitrogen and oxygen atoms in total. The summed E-state index contributed by atoms with van der Waals surface area (Å²) in [6.07, 6.45) is 11.8. The van der Waals surface area contributed by atoms with Crippen LogP contribution in [-0.4, -0.2) is 34.3 Å². The molecule has 0 atom stereocenters. The van der Waals surface area contributed by atoms with Crippen LogP contribution >= 0.6 is 0 Å². The zero-order chi connectivity index (χ0) is 17.6. The molecule has 1 saturated heterocycles. The Bertz CT molecular complexity index is 676. The normalized spacial score (nSPS) is 19.5. The van der Waals surface area contributed by atoms with Crippen LogP contribution in [0, 0.1) is 5.92 Å². The standard InChI is InChI=1S/C21H29N5/c1-3-7-17(8-4-1)15-18-11-13-26(14-12-18)20-16-22-25-21(24-20)23-19-9-5-2-6-10-19/h1,3-4,7-8,16,18-19H,2,5-6,9-15H2,(H,23,24,25). The fourth-order valence-electron chi connectivity index (χ4n) is 4.25. The molecule has 0 radical (unpaired) electrons. The van der Waals surface area contributed by atoms with E-state index in [1.54, 1.807) is 0 Å². The van der Waals surface area contributed by atoms with Gasteiger partial charge >= 0.3 is 0 Å². The van der Waals surface area contributed by atoms with Crippen LogP contribution in [0.5, 0.6) is 0 Å². The third kappa shape index (κ3) is 4.51. The summed E-state index contributed by atoms with van der Waals surface area (Å²) in [5.41, 5.74) is 1.45. The van der Waals surface area contributed by atoms with Crippen molar-refractivity contribution in [3.8, 4) is 0 Å². The van der Waals surface area contributed by atoms with Crippen LogP contribution in [0.15, 0.2) is 36.5 Å². The quantitative estimate of drug-likeness (QED) is 0.880. The predicted molar refractivity (Wildman–Crippen MR) is 105 cm³/mol.